The highest BCUT2D eigenvalue weighted by Gasteiger charge is 2.01. The molecule has 0 fully saturated rings. The largest absolute Gasteiger partial charge is 0.399 e. The molecule has 0 saturated heterocycles. The third kappa shape index (κ3) is 3.90. The zero-order valence-electron chi connectivity index (χ0n) is 9.79. The van der Waals surface area contributed by atoms with Crippen molar-refractivity contribution in [3.8, 4) is 0 Å². The van der Waals surface area contributed by atoms with Gasteiger partial charge in [0.05, 0.1) is 6.61 Å². The van der Waals surface area contributed by atoms with Crippen molar-refractivity contribution in [2.45, 2.75) is 13.5 Å². The first-order chi connectivity index (χ1) is 7.13. The highest BCUT2D eigenvalue weighted by molar-refractivity contribution is 5.47. The number of nitrogen functional groups attached to an aromatic ring is 1. The van der Waals surface area contributed by atoms with Crippen molar-refractivity contribution in [3.63, 3.8) is 0 Å². The average Bonchev–Trinajstić information content (AvgIpc) is 2.20. The Bertz CT molecular complexity index is 312. The molecule has 0 bridgehead atoms. The Morgan fingerprint density at radius 3 is 2.73 bits per heavy atom. The summed E-state index contributed by atoms with van der Waals surface area (Å²) < 4.78 is 5.03. The summed E-state index contributed by atoms with van der Waals surface area (Å²) >= 11 is 0. The molecule has 0 radical (unpaired) electrons. The number of likely N-dealkylation sites (N-methyl/N-ethyl adjacent to an activating group) is 1. The van der Waals surface area contributed by atoms with Gasteiger partial charge in [-0.1, -0.05) is 12.1 Å². The number of nitrogens with two attached hydrogens (primary N) is 1. The Balaban J connectivity index is 2.53. The molecule has 0 aromatic heterocycles. The molecule has 0 aliphatic heterocycles. The van der Waals surface area contributed by atoms with Crippen molar-refractivity contribution in [2.24, 2.45) is 0 Å². The maximum Gasteiger partial charge on any atom is 0.0589 e. The van der Waals surface area contributed by atoms with Crippen LogP contribution in [0, 0.1) is 6.92 Å². The van der Waals surface area contributed by atoms with Gasteiger partial charge in [-0.2, -0.15) is 0 Å². The number of rotatable bonds is 5. The zero-order chi connectivity index (χ0) is 11.3. The Morgan fingerprint density at radius 1 is 1.40 bits per heavy atom. The van der Waals surface area contributed by atoms with Crippen molar-refractivity contribution in [1.82, 2.24) is 4.90 Å². The smallest absolute Gasteiger partial charge is 0.0589 e. The summed E-state index contributed by atoms with van der Waals surface area (Å²) in [6.07, 6.45) is 0. The number of benzene rings is 1. The molecular weight excluding hydrogens is 188 g/mol. The van der Waals surface area contributed by atoms with Crippen LogP contribution >= 0.6 is 0 Å². The lowest BCUT2D eigenvalue weighted by molar-refractivity contribution is 0.158. The molecule has 15 heavy (non-hydrogen) atoms. The van der Waals surface area contributed by atoms with Crippen molar-refractivity contribution >= 4 is 5.69 Å². The van der Waals surface area contributed by atoms with E-state index in [1.54, 1.807) is 7.11 Å². The maximum atomic E-state index is 5.77. The number of nitrogens with zero attached hydrogens (tertiary/aromatic N) is 1. The second-order valence-electron chi connectivity index (χ2n) is 3.92. The number of methoxy groups -OCH3 is 1. The molecule has 0 amide bonds. The second kappa shape index (κ2) is 5.73. The second-order valence-corrected chi connectivity index (χ2v) is 3.92. The van der Waals surface area contributed by atoms with Crippen LogP contribution in [-0.2, 0) is 11.3 Å². The molecule has 0 aliphatic carbocycles. The lowest BCUT2D eigenvalue weighted by Crippen LogP contribution is -2.22. The van der Waals surface area contributed by atoms with Crippen LogP contribution in [0.2, 0.25) is 0 Å². The Hall–Kier alpha value is -1.06. The lowest BCUT2D eigenvalue weighted by Gasteiger charge is -2.16. The molecule has 0 unspecified atom stereocenters. The highest BCUT2D eigenvalue weighted by atomic mass is 16.5. The number of aryl methyl sites for hydroxylation is 1. The quantitative estimate of drug-likeness (QED) is 0.748. The maximum absolute atomic E-state index is 5.77. The van der Waals surface area contributed by atoms with Gasteiger partial charge in [0.25, 0.3) is 0 Å². The minimum absolute atomic E-state index is 0.768. The van der Waals surface area contributed by atoms with E-state index in [1.165, 1.54) is 5.56 Å². The summed E-state index contributed by atoms with van der Waals surface area (Å²) in [6, 6.07) is 6.18. The van der Waals surface area contributed by atoms with Crippen LogP contribution in [0.25, 0.3) is 0 Å². The Morgan fingerprint density at radius 2 is 2.13 bits per heavy atom. The molecule has 1 aromatic carbocycles. The van der Waals surface area contributed by atoms with E-state index in [-0.39, 0.29) is 0 Å². The molecule has 0 atom stereocenters. The molecule has 1 aromatic rings. The fourth-order valence-electron chi connectivity index (χ4n) is 1.47. The third-order valence-electron chi connectivity index (χ3n) is 2.46. The van der Waals surface area contributed by atoms with Gasteiger partial charge in [0.15, 0.2) is 0 Å². The van der Waals surface area contributed by atoms with Crippen LogP contribution in [0.4, 0.5) is 5.69 Å². The van der Waals surface area contributed by atoms with Gasteiger partial charge in [-0.25, -0.2) is 0 Å². The average molecular weight is 208 g/mol. The molecule has 1 rings (SSSR count). The Labute approximate surface area is 91.8 Å². The van der Waals surface area contributed by atoms with Crippen LogP contribution in [0.1, 0.15) is 11.1 Å². The van der Waals surface area contributed by atoms with E-state index in [9.17, 15) is 0 Å². The van der Waals surface area contributed by atoms with Crippen LogP contribution in [-0.4, -0.2) is 32.2 Å². The standard InChI is InChI=1S/C12H20N2O/c1-10-8-11(4-5-12(10)13)9-14(2)6-7-15-3/h4-5,8H,6-7,9,13H2,1-3H3. The van der Waals surface area contributed by atoms with Crippen LogP contribution in [0.5, 0.6) is 0 Å². The minimum Gasteiger partial charge on any atom is -0.399 e. The number of anilines is 1. The predicted octanol–water partition coefficient (Wildman–Crippen LogP) is 1.66. The molecule has 0 aliphatic rings. The first-order valence-corrected chi connectivity index (χ1v) is 5.16. The fourth-order valence-corrected chi connectivity index (χ4v) is 1.47. The summed E-state index contributed by atoms with van der Waals surface area (Å²) in [5.74, 6) is 0. The molecular formula is C12H20N2O. The van der Waals surface area contributed by atoms with Crippen LogP contribution < -0.4 is 5.73 Å². The molecule has 3 nitrogen and oxygen atoms in total. The Kier molecular flexibility index (Phi) is 4.59. The predicted molar refractivity (Wildman–Crippen MR) is 63.8 cm³/mol. The van der Waals surface area contributed by atoms with Gasteiger partial charge in [0.2, 0.25) is 0 Å². The van der Waals surface area contributed by atoms with Gasteiger partial charge in [-0.3, -0.25) is 4.90 Å². The van der Waals surface area contributed by atoms with Crippen molar-refractivity contribution in [3.05, 3.63) is 29.3 Å². The van der Waals surface area contributed by atoms with E-state index < -0.39 is 0 Å². The SMILES string of the molecule is COCCN(C)Cc1ccc(N)c(C)c1. The summed E-state index contributed by atoms with van der Waals surface area (Å²) in [5, 5.41) is 0. The van der Waals surface area contributed by atoms with Gasteiger partial charge in [0.1, 0.15) is 0 Å². The van der Waals surface area contributed by atoms with Gasteiger partial charge in [0, 0.05) is 25.9 Å². The van der Waals surface area contributed by atoms with Crippen LogP contribution in [0.15, 0.2) is 18.2 Å². The summed E-state index contributed by atoms with van der Waals surface area (Å²) in [7, 11) is 3.81. The summed E-state index contributed by atoms with van der Waals surface area (Å²) in [4.78, 5) is 2.23. The topological polar surface area (TPSA) is 38.5 Å². The highest BCUT2D eigenvalue weighted by Crippen LogP contribution is 2.13. The van der Waals surface area contributed by atoms with E-state index in [1.807, 2.05) is 13.0 Å². The van der Waals surface area contributed by atoms with Crippen molar-refractivity contribution in [2.75, 3.05) is 33.0 Å². The lowest BCUT2D eigenvalue weighted by atomic mass is 10.1. The molecule has 84 valence electrons. The third-order valence-corrected chi connectivity index (χ3v) is 2.46. The molecule has 3 heteroatoms. The molecule has 0 heterocycles. The molecule has 0 saturated carbocycles. The van der Waals surface area contributed by atoms with E-state index in [4.69, 9.17) is 10.5 Å². The number of ether oxygens (including phenoxy) is 1. The number of hydrogen-bond acceptors (Lipinski definition) is 3. The number of hydrogen-bond donors (Lipinski definition) is 1. The van der Waals surface area contributed by atoms with E-state index in [2.05, 4.69) is 24.1 Å². The van der Waals surface area contributed by atoms with Gasteiger partial charge in [-0.15, -0.1) is 0 Å². The fraction of sp³-hybridized carbons (Fsp3) is 0.500. The van der Waals surface area contributed by atoms with Gasteiger partial charge >= 0.3 is 0 Å². The van der Waals surface area contributed by atoms with E-state index >= 15 is 0 Å². The van der Waals surface area contributed by atoms with Crippen molar-refractivity contribution < 1.29 is 4.74 Å². The summed E-state index contributed by atoms with van der Waals surface area (Å²) in [5.41, 5.74) is 9.06. The van der Waals surface area contributed by atoms with Crippen molar-refractivity contribution in [1.29, 1.82) is 0 Å². The molecule has 2 N–H and O–H groups in total. The van der Waals surface area contributed by atoms with Gasteiger partial charge in [-0.05, 0) is 31.2 Å². The summed E-state index contributed by atoms with van der Waals surface area (Å²) in [6.45, 7) is 4.68. The zero-order valence-corrected chi connectivity index (χ0v) is 9.79. The monoisotopic (exact) mass is 208 g/mol. The van der Waals surface area contributed by atoms with E-state index in [0.29, 0.717) is 0 Å². The first kappa shape index (κ1) is 12.0. The van der Waals surface area contributed by atoms with E-state index in [0.717, 1.165) is 30.9 Å². The first-order valence-electron chi connectivity index (χ1n) is 5.16. The van der Waals surface area contributed by atoms with Crippen LogP contribution in [0.3, 0.4) is 0 Å². The van der Waals surface area contributed by atoms with Gasteiger partial charge < -0.3 is 10.5 Å². The molecule has 0 spiro atoms. The minimum atomic E-state index is 0.768. The normalized spacial score (nSPS) is 10.9.